The number of likely N-dealkylation sites (tertiary alicyclic amines) is 1. The van der Waals surface area contributed by atoms with Crippen LogP contribution in [0, 0.1) is 5.41 Å². The number of fused-ring (bicyclic) bond motifs is 1. The van der Waals surface area contributed by atoms with Crippen molar-refractivity contribution >= 4 is 65.6 Å². The standard InChI is InChI=1S/C22H27ClN8O5S.C9H11NO.C7H12N2O2/c23-15-13(3-4-14(33)18(15)34)20(35)26-5-8-31(6-1-2-7-31)9-12-10-37-22-16(27-11-32)21(36)30(22)17(12)19(24)28-29-25;1-8(10-7-11)9-5-3-2-4-6-9;1-3-9-5-4-8(2)6(10)7(9)11/h3-4,11,16,22H,1-2,5-10H2,(H6-,24,25,26,27,28,29,32,33,34,35);2-8H,1H3,(H,10,11);3-5H2,1-2H3/p+1. The number of nitrogens with zero attached hydrogens (tertiary/aromatic N) is 6. The fourth-order valence-corrected chi connectivity index (χ4v) is 8.74. The number of phenols is 2. The maximum Gasteiger partial charge on any atom is 0.312 e. The van der Waals surface area contributed by atoms with E-state index in [2.05, 4.69) is 26.3 Å². The fourth-order valence-electron chi connectivity index (χ4n) is 7.15. The van der Waals surface area contributed by atoms with Crippen LogP contribution in [0.25, 0.3) is 0 Å². The first-order valence-corrected chi connectivity index (χ1v) is 20.4. The maximum atomic E-state index is 12.8. The fraction of sp³-hybridized carbons (Fsp3) is 0.447. The minimum atomic E-state index is -0.655. The molecule has 0 aromatic heterocycles. The summed E-state index contributed by atoms with van der Waals surface area (Å²) in [4.78, 5) is 73.1. The lowest BCUT2D eigenvalue weighted by molar-refractivity contribution is -0.911. The van der Waals surface area contributed by atoms with Gasteiger partial charge in [-0.25, -0.2) is 0 Å². The van der Waals surface area contributed by atoms with Gasteiger partial charge in [0.2, 0.25) is 12.8 Å². The minimum Gasteiger partial charge on any atom is -0.504 e. The van der Waals surface area contributed by atoms with Gasteiger partial charge in [0.25, 0.3) is 11.8 Å². The van der Waals surface area contributed by atoms with Gasteiger partial charge >= 0.3 is 11.8 Å². The number of hydrogen-bond acceptors (Lipinski definition) is 11. The summed E-state index contributed by atoms with van der Waals surface area (Å²) in [6, 6.07) is 11.8. The predicted octanol–water partition coefficient (Wildman–Crippen LogP) is 1.48. The Hall–Kier alpha value is -5.73. The van der Waals surface area contributed by atoms with Crippen molar-refractivity contribution in [2.75, 3.05) is 65.2 Å². The summed E-state index contributed by atoms with van der Waals surface area (Å²) in [7, 11) is 1.65. The summed E-state index contributed by atoms with van der Waals surface area (Å²) in [5, 5.41) is 42.2. The largest absolute Gasteiger partial charge is 0.504 e. The first kappa shape index (κ1) is 46.0. The van der Waals surface area contributed by atoms with Crippen LogP contribution in [0.3, 0.4) is 0 Å². The van der Waals surface area contributed by atoms with Gasteiger partial charge in [-0.15, -0.1) is 16.9 Å². The maximum absolute atomic E-state index is 12.8. The number of amidine groups is 1. The van der Waals surface area contributed by atoms with Gasteiger partial charge in [0.05, 0.1) is 48.5 Å². The number of halogens is 1. The van der Waals surface area contributed by atoms with Gasteiger partial charge in [-0.1, -0.05) is 47.2 Å². The molecule has 21 heteroatoms. The first-order valence-electron chi connectivity index (χ1n) is 18.9. The molecule has 3 unspecified atom stereocenters. The molecule has 4 aliphatic heterocycles. The van der Waals surface area contributed by atoms with E-state index in [0.717, 1.165) is 43.5 Å². The Kier molecular flexibility index (Phi) is 16.6. The molecule has 3 saturated heterocycles. The molecule has 0 bridgehead atoms. The number of quaternary nitrogens is 1. The predicted molar refractivity (Wildman–Crippen MR) is 220 cm³/mol. The molecule has 2 aromatic rings. The van der Waals surface area contributed by atoms with Crippen molar-refractivity contribution in [1.82, 2.24) is 30.7 Å². The Morgan fingerprint density at radius 3 is 2.41 bits per heavy atom. The van der Waals surface area contributed by atoms with E-state index in [1.807, 2.05) is 44.2 Å². The number of thioether (sulfide) groups is 1. The van der Waals surface area contributed by atoms with Crippen molar-refractivity contribution in [3.8, 4) is 11.5 Å². The Morgan fingerprint density at radius 1 is 1.08 bits per heavy atom. The van der Waals surface area contributed by atoms with E-state index in [-0.39, 0.29) is 39.7 Å². The van der Waals surface area contributed by atoms with Gasteiger partial charge in [-0.3, -0.25) is 39.1 Å². The van der Waals surface area contributed by atoms with Crippen molar-refractivity contribution in [2.24, 2.45) is 16.2 Å². The number of likely N-dealkylation sites (N-methyl/N-ethyl adjacent to an activating group) is 2. The van der Waals surface area contributed by atoms with E-state index in [4.69, 9.17) is 22.9 Å². The quantitative estimate of drug-likeness (QED) is 0.0146. The number of amides is 6. The monoisotopic (exact) mass is 856 g/mol. The molecule has 318 valence electrons. The van der Waals surface area contributed by atoms with Crippen LogP contribution in [0.4, 0.5) is 0 Å². The number of piperazine rings is 1. The van der Waals surface area contributed by atoms with E-state index < -0.39 is 29.4 Å². The molecule has 0 spiro atoms. The SMILES string of the molecule is CC(NC=O)c1ccccc1.CCN1CCN(C)C(=O)C1=O.N=C(N=NN)C1=C(C[N+]2(CCNC(=O)c3ccc(O)c(O)c3Cl)CCCC2)CSC2C(NC=O)C(=O)N12. The molecule has 19 nitrogen and oxygen atoms in total. The van der Waals surface area contributed by atoms with Gasteiger partial charge in [-0.2, -0.15) is 0 Å². The number of benzene rings is 2. The summed E-state index contributed by atoms with van der Waals surface area (Å²) < 4.78 is 0.643. The molecule has 0 radical (unpaired) electrons. The van der Waals surface area contributed by atoms with Crippen LogP contribution < -0.4 is 21.8 Å². The highest BCUT2D eigenvalue weighted by molar-refractivity contribution is 8.00. The highest BCUT2D eigenvalue weighted by atomic mass is 35.5. The number of rotatable bonds is 13. The third kappa shape index (κ3) is 11.1. The molecule has 59 heavy (non-hydrogen) atoms. The molecule has 0 aliphatic carbocycles. The zero-order valence-corrected chi connectivity index (χ0v) is 34.7. The lowest BCUT2D eigenvalue weighted by atomic mass is 10.0. The van der Waals surface area contributed by atoms with Crippen LogP contribution in [-0.4, -0.2) is 148 Å². The third-order valence-electron chi connectivity index (χ3n) is 10.5. The average Bonchev–Trinajstić information content (AvgIpc) is 3.70. The molecule has 6 rings (SSSR count). The van der Waals surface area contributed by atoms with E-state index in [0.29, 0.717) is 61.6 Å². The van der Waals surface area contributed by atoms with Crippen molar-refractivity contribution < 1.29 is 43.5 Å². The molecule has 3 atom stereocenters. The van der Waals surface area contributed by atoms with E-state index in [1.54, 1.807) is 11.9 Å². The number of β-lactam (4-membered cyclic amide) rings is 1. The summed E-state index contributed by atoms with van der Waals surface area (Å²) in [5.41, 5.74) is 2.41. The van der Waals surface area contributed by atoms with Crippen molar-refractivity contribution in [3.05, 3.63) is 69.9 Å². The number of nitrogens with one attached hydrogen (secondary N) is 4. The van der Waals surface area contributed by atoms with Crippen LogP contribution in [0.2, 0.25) is 5.02 Å². The molecule has 8 N–H and O–H groups in total. The second-order valence-corrected chi connectivity index (χ2v) is 15.6. The highest BCUT2D eigenvalue weighted by Crippen LogP contribution is 2.42. The van der Waals surface area contributed by atoms with Crippen molar-refractivity contribution in [1.29, 1.82) is 5.41 Å². The first-order chi connectivity index (χ1) is 28.2. The second-order valence-electron chi connectivity index (χ2n) is 14.1. The van der Waals surface area contributed by atoms with Gasteiger partial charge in [0.1, 0.15) is 18.0 Å². The summed E-state index contributed by atoms with van der Waals surface area (Å²) >= 11 is 7.53. The third-order valence-corrected chi connectivity index (χ3v) is 12.2. The molecule has 2 aromatic carbocycles. The topological polar surface area (TPSA) is 263 Å². The van der Waals surface area contributed by atoms with Crippen LogP contribution >= 0.6 is 23.4 Å². The average molecular weight is 857 g/mol. The van der Waals surface area contributed by atoms with Crippen molar-refractivity contribution in [3.63, 3.8) is 0 Å². The van der Waals surface area contributed by atoms with Crippen LogP contribution in [0.5, 0.6) is 11.5 Å². The highest BCUT2D eigenvalue weighted by Gasteiger charge is 2.53. The summed E-state index contributed by atoms with van der Waals surface area (Å²) in [5.74, 6) is 3.01. The number of phenolic OH excluding ortho intramolecular Hbond substituents is 2. The Labute approximate surface area is 351 Å². The molecule has 4 heterocycles. The summed E-state index contributed by atoms with van der Waals surface area (Å²) in [6.45, 7) is 8.93. The van der Waals surface area contributed by atoms with Crippen LogP contribution in [0.1, 0.15) is 48.7 Å². The number of carbonyl (C=O) groups is 6. The summed E-state index contributed by atoms with van der Waals surface area (Å²) in [6.07, 6.45) is 3.21. The smallest absolute Gasteiger partial charge is 0.312 e. The van der Waals surface area contributed by atoms with Crippen molar-refractivity contribution in [2.45, 2.75) is 44.1 Å². The van der Waals surface area contributed by atoms with Gasteiger partial charge in [-0.05, 0) is 31.5 Å². The molecule has 6 amide bonds. The lowest BCUT2D eigenvalue weighted by Crippen LogP contribution is -2.69. The number of nitrogens with two attached hydrogens (primary N) is 1. The molecular formula is C38H51ClN11O8S+. The number of carbonyl (C=O) groups excluding carboxylic acids is 6. The van der Waals surface area contributed by atoms with Gasteiger partial charge in [0.15, 0.2) is 17.3 Å². The molecule has 3 fully saturated rings. The second kappa shape index (κ2) is 21.3. The van der Waals surface area contributed by atoms with Crippen LogP contribution in [-0.2, 0) is 24.0 Å². The molecule has 4 aliphatic rings. The van der Waals surface area contributed by atoms with Gasteiger partial charge in [0, 0.05) is 50.8 Å². The Balaban J connectivity index is 0.000000282. The van der Waals surface area contributed by atoms with E-state index in [9.17, 15) is 39.0 Å². The number of hydrogen-bond donors (Lipinski definition) is 7. The van der Waals surface area contributed by atoms with E-state index >= 15 is 0 Å². The lowest BCUT2D eigenvalue weighted by Gasteiger charge is -2.50. The molecule has 0 saturated carbocycles. The Bertz CT molecular complexity index is 1950. The Morgan fingerprint density at radius 2 is 1.78 bits per heavy atom. The molecular weight excluding hydrogens is 806 g/mol. The number of aromatic hydroxyl groups is 2. The van der Waals surface area contributed by atoms with E-state index in [1.165, 1.54) is 33.7 Å². The van der Waals surface area contributed by atoms with Crippen LogP contribution in [0.15, 0.2) is 64.1 Å². The minimum absolute atomic E-state index is 0.0556. The normalized spacial score (nSPS) is 20.0. The zero-order chi connectivity index (χ0) is 43.3. The zero-order valence-electron chi connectivity index (χ0n) is 33.1. The van der Waals surface area contributed by atoms with Gasteiger partial charge < -0.3 is 46.3 Å².